The molecule has 1 aromatic carbocycles. The van der Waals surface area contributed by atoms with Crippen molar-refractivity contribution >= 4 is 11.3 Å². The van der Waals surface area contributed by atoms with E-state index in [0.717, 1.165) is 24.5 Å². The summed E-state index contributed by atoms with van der Waals surface area (Å²) in [6, 6.07) is 4.75. The zero-order chi connectivity index (χ0) is 13.7. The molecule has 0 saturated heterocycles. The van der Waals surface area contributed by atoms with Crippen LogP contribution in [-0.4, -0.2) is 30.4 Å². The van der Waals surface area contributed by atoms with Gasteiger partial charge in [-0.05, 0) is 18.7 Å². The molecule has 0 unspecified atom stereocenters. The Kier molecular flexibility index (Phi) is 4.81. The van der Waals surface area contributed by atoms with Crippen LogP contribution in [0.25, 0.3) is 10.6 Å². The highest BCUT2D eigenvalue weighted by molar-refractivity contribution is 7.14. The van der Waals surface area contributed by atoms with Crippen molar-refractivity contribution in [2.75, 3.05) is 20.2 Å². The van der Waals surface area contributed by atoms with Crippen LogP contribution in [0.15, 0.2) is 18.2 Å². The molecule has 6 heteroatoms. The van der Waals surface area contributed by atoms with Crippen LogP contribution in [-0.2, 0) is 6.42 Å². The number of ether oxygens (including phenoxy) is 1. The Balaban J connectivity index is 2.13. The van der Waals surface area contributed by atoms with E-state index < -0.39 is 0 Å². The third kappa shape index (κ3) is 3.48. The van der Waals surface area contributed by atoms with Gasteiger partial charge in [0.15, 0.2) is 5.01 Å². The van der Waals surface area contributed by atoms with E-state index in [1.165, 1.54) is 24.5 Å². The molecule has 102 valence electrons. The largest absolute Gasteiger partial charge is 0.497 e. The van der Waals surface area contributed by atoms with Crippen molar-refractivity contribution in [2.24, 2.45) is 0 Å². The first-order chi connectivity index (χ1) is 9.24. The fraction of sp³-hybridized carbons (Fsp3) is 0.385. The van der Waals surface area contributed by atoms with Crippen LogP contribution in [0.4, 0.5) is 4.39 Å². The summed E-state index contributed by atoms with van der Waals surface area (Å²) >= 11 is 1.42. The first-order valence-electron chi connectivity index (χ1n) is 6.11. The number of hydrogen-bond donors (Lipinski definition) is 1. The van der Waals surface area contributed by atoms with Gasteiger partial charge in [0.2, 0.25) is 0 Å². The van der Waals surface area contributed by atoms with Crippen LogP contribution >= 0.6 is 11.3 Å². The summed E-state index contributed by atoms with van der Waals surface area (Å²) in [6.07, 6.45) is 0.809. The van der Waals surface area contributed by atoms with Crippen LogP contribution in [0.3, 0.4) is 0 Å². The summed E-state index contributed by atoms with van der Waals surface area (Å²) in [6.45, 7) is 3.84. The van der Waals surface area contributed by atoms with Crippen molar-refractivity contribution in [3.8, 4) is 16.3 Å². The van der Waals surface area contributed by atoms with Crippen LogP contribution < -0.4 is 10.1 Å². The lowest BCUT2D eigenvalue weighted by Crippen LogP contribution is -2.15. The standard InChI is InChI=1S/C13H16FN3OS/c1-3-15-7-6-12-16-17-13(19-12)10-5-4-9(18-2)8-11(10)14/h4-5,8,15H,3,6-7H2,1-2H3. The molecule has 0 bridgehead atoms. The van der Waals surface area contributed by atoms with E-state index in [2.05, 4.69) is 22.4 Å². The highest BCUT2D eigenvalue weighted by Gasteiger charge is 2.11. The molecule has 0 atom stereocenters. The second kappa shape index (κ2) is 6.58. The molecule has 2 aromatic rings. The van der Waals surface area contributed by atoms with E-state index in [1.807, 2.05) is 0 Å². The molecule has 1 N–H and O–H groups in total. The molecule has 0 radical (unpaired) electrons. The SMILES string of the molecule is CCNCCc1nnc(-c2ccc(OC)cc2F)s1. The third-order valence-corrected chi connectivity index (χ3v) is 3.66. The first-order valence-corrected chi connectivity index (χ1v) is 6.93. The highest BCUT2D eigenvalue weighted by atomic mass is 32.1. The molecule has 0 fully saturated rings. The normalized spacial score (nSPS) is 10.7. The van der Waals surface area contributed by atoms with Crippen molar-refractivity contribution in [2.45, 2.75) is 13.3 Å². The third-order valence-electron chi connectivity index (χ3n) is 2.64. The Morgan fingerprint density at radius 1 is 1.37 bits per heavy atom. The van der Waals surface area contributed by atoms with Gasteiger partial charge in [0.1, 0.15) is 16.6 Å². The van der Waals surface area contributed by atoms with E-state index >= 15 is 0 Å². The van der Waals surface area contributed by atoms with E-state index in [9.17, 15) is 4.39 Å². The number of halogens is 1. The quantitative estimate of drug-likeness (QED) is 0.826. The Bertz CT molecular complexity index is 544. The van der Waals surface area contributed by atoms with Gasteiger partial charge in [-0.25, -0.2) is 4.39 Å². The van der Waals surface area contributed by atoms with E-state index in [-0.39, 0.29) is 5.82 Å². The molecular weight excluding hydrogens is 265 g/mol. The molecular formula is C13H16FN3OS. The number of aromatic nitrogens is 2. The Labute approximate surface area is 115 Å². The van der Waals surface area contributed by atoms with E-state index in [0.29, 0.717) is 16.3 Å². The van der Waals surface area contributed by atoms with Crippen molar-refractivity contribution < 1.29 is 9.13 Å². The smallest absolute Gasteiger partial charge is 0.150 e. The zero-order valence-corrected chi connectivity index (χ0v) is 11.8. The number of likely N-dealkylation sites (N-methyl/N-ethyl adjacent to an activating group) is 1. The molecule has 0 saturated carbocycles. The van der Waals surface area contributed by atoms with Crippen LogP contribution in [0.1, 0.15) is 11.9 Å². The molecule has 0 aliphatic carbocycles. The molecule has 2 rings (SSSR count). The molecule has 19 heavy (non-hydrogen) atoms. The summed E-state index contributed by atoms with van der Waals surface area (Å²) in [4.78, 5) is 0. The molecule has 1 heterocycles. The number of benzene rings is 1. The Morgan fingerprint density at radius 2 is 2.21 bits per heavy atom. The van der Waals surface area contributed by atoms with Gasteiger partial charge in [-0.2, -0.15) is 0 Å². The van der Waals surface area contributed by atoms with Crippen molar-refractivity contribution in [3.05, 3.63) is 29.0 Å². The average molecular weight is 281 g/mol. The monoisotopic (exact) mass is 281 g/mol. The highest BCUT2D eigenvalue weighted by Crippen LogP contribution is 2.28. The number of nitrogens with zero attached hydrogens (tertiary/aromatic N) is 2. The molecule has 0 amide bonds. The molecule has 1 aromatic heterocycles. The Morgan fingerprint density at radius 3 is 2.89 bits per heavy atom. The minimum Gasteiger partial charge on any atom is -0.497 e. The lowest BCUT2D eigenvalue weighted by atomic mass is 10.2. The van der Waals surface area contributed by atoms with Gasteiger partial charge in [-0.3, -0.25) is 0 Å². The van der Waals surface area contributed by atoms with Crippen molar-refractivity contribution in [3.63, 3.8) is 0 Å². The minimum atomic E-state index is -0.339. The number of rotatable bonds is 6. The average Bonchev–Trinajstić information content (AvgIpc) is 2.87. The van der Waals surface area contributed by atoms with Gasteiger partial charge in [0, 0.05) is 24.6 Å². The van der Waals surface area contributed by atoms with Gasteiger partial charge in [-0.1, -0.05) is 18.3 Å². The lowest BCUT2D eigenvalue weighted by Gasteiger charge is -2.02. The van der Waals surface area contributed by atoms with E-state index in [1.54, 1.807) is 12.1 Å². The fourth-order valence-electron chi connectivity index (χ4n) is 1.63. The van der Waals surface area contributed by atoms with Gasteiger partial charge >= 0.3 is 0 Å². The number of hydrogen-bond acceptors (Lipinski definition) is 5. The zero-order valence-electron chi connectivity index (χ0n) is 10.9. The van der Waals surface area contributed by atoms with Crippen molar-refractivity contribution in [1.29, 1.82) is 0 Å². The van der Waals surface area contributed by atoms with Gasteiger partial charge in [-0.15, -0.1) is 10.2 Å². The maximum absolute atomic E-state index is 13.9. The first kappa shape index (κ1) is 13.9. The fourth-order valence-corrected chi connectivity index (χ4v) is 2.50. The molecule has 4 nitrogen and oxygen atoms in total. The predicted octanol–water partition coefficient (Wildman–Crippen LogP) is 2.50. The summed E-state index contributed by atoms with van der Waals surface area (Å²) < 4.78 is 18.9. The number of methoxy groups -OCH3 is 1. The van der Waals surface area contributed by atoms with Crippen LogP contribution in [0, 0.1) is 5.82 Å². The summed E-state index contributed by atoms with van der Waals surface area (Å²) in [5, 5.41) is 12.9. The molecule has 0 aliphatic heterocycles. The number of nitrogens with one attached hydrogen (secondary N) is 1. The van der Waals surface area contributed by atoms with Gasteiger partial charge < -0.3 is 10.1 Å². The maximum Gasteiger partial charge on any atom is 0.150 e. The van der Waals surface area contributed by atoms with Gasteiger partial charge in [0.05, 0.1) is 7.11 Å². The molecule has 0 spiro atoms. The van der Waals surface area contributed by atoms with Crippen LogP contribution in [0.2, 0.25) is 0 Å². The Hall–Kier alpha value is -1.53. The summed E-state index contributed by atoms with van der Waals surface area (Å²) in [5.74, 6) is 0.159. The molecule has 0 aliphatic rings. The predicted molar refractivity (Wildman–Crippen MR) is 74.1 cm³/mol. The van der Waals surface area contributed by atoms with Crippen LogP contribution in [0.5, 0.6) is 5.75 Å². The van der Waals surface area contributed by atoms with E-state index in [4.69, 9.17) is 4.74 Å². The topological polar surface area (TPSA) is 47.0 Å². The van der Waals surface area contributed by atoms with Crippen molar-refractivity contribution in [1.82, 2.24) is 15.5 Å². The summed E-state index contributed by atoms with van der Waals surface area (Å²) in [5.41, 5.74) is 0.466. The second-order valence-electron chi connectivity index (χ2n) is 3.95. The lowest BCUT2D eigenvalue weighted by molar-refractivity contribution is 0.411. The summed E-state index contributed by atoms with van der Waals surface area (Å²) in [7, 11) is 1.51. The second-order valence-corrected chi connectivity index (χ2v) is 5.01. The minimum absolute atomic E-state index is 0.339. The maximum atomic E-state index is 13.9. The van der Waals surface area contributed by atoms with Gasteiger partial charge in [0.25, 0.3) is 0 Å².